The lowest BCUT2D eigenvalue weighted by molar-refractivity contribution is -0.119. The van der Waals surface area contributed by atoms with Gasteiger partial charge in [-0.3, -0.25) is 9.59 Å². The highest BCUT2D eigenvalue weighted by atomic mass is 32.2. The van der Waals surface area contributed by atoms with Crippen molar-refractivity contribution >= 4 is 17.7 Å². The third-order valence-corrected chi connectivity index (χ3v) is 5.84. The second-order valence-electron chi connectivity index (χ2n) is 6.45. The highest BCUT2D eigenvalue weighted by Crippen LogP contribution is 2.51. The molecule has 0 spiro atoms. The summed E-state index contributed by atoms with van der Waals surface area (Å²) >= 11 is 1.40. The topological polar surface area (TPSA) is 87.8 Å². The van der Waals surface area contributed by atoms with E-state index in [1.807, 2.05) is 12.3 Å². The van der Waals surface area contributed by atoms with E-state index in [4.69, 9.17) is 19.9 Å². The molecule has 1 unspecified atom stereocenters. The molecule has 0 saturated carbocycles. The zero-order chi connectivity index (χ0) is 20.4. The molecule has 1 aliphatic carbocycles. The van der Waals surface area contributed by atoms with E-state index in [1.54, 1.807) is 18.2 Å². The van der Waals surface area contributed by atoms with Crippen molar-refractivity contribution in [2.75, 3.05) is 27.6 Å². The van der Waals surface area contributed by atoms with Gasteiger partial charge in [0, 0.05) is 5.56 Å². The second-order valence-corrected chi connectivity index (χ2v) is 7.30. The number of hydrogen-bond donors (Lipinski definition) is 1. The van der Waals surface area contributed by atoms with Crippen LogP contribution in [0.15, 0.2) is 34.0 Å². The number of carbonyl (C=O) groups excluding carboxylic acids is 1. The molecule has 1 aliphatic rings. The normalized spacial score (nSPS) is 15.1. The number of methoxy groups -OCH3 is 3. The van der Waals surface area contributed by atoms with Gasteiger partial charge in [0.2, 0.25) is 11.7 Å². The minimum absolute atomic E-state index is 0.0488. The molecule has 2 aromatic rings. The lowest BCUT2D eigenvalue weighted by Gasteiger charge is -2.21. The summed E-state index contributed by atoms with van der Waals surface area (Å²) in [4.78, 5) is 25.5. The Kier molecular flexibility index (Phi) is 5.84. The molecular weight excluding hydrogens is 378 g/mol. The number of benzene rings is 1. The summed E-state index contributed by atoms with van der Waals surface area (Å²) < 4.78 is 16.7. The molecule has 0 fully saturated rings. The van der Waals surface area contributed by atoms with Crippen molar-refractivity contribution in [3.8, 4) is 28.4 Å². The number of hydrogen-bond acceptors (Lipinski definition) is 6. The van der Waals surface area contributed by atoms with Crippen molar-refractivity contribution in [3.63, 3.8) is 0 Å². The van der Waals surface area contributed by atoms with E-state index < -0.39 is 11.8 Å². The van der Waals surface area contributed by atoms with E-state index in [0.29, 0.717) is 46.1 Å². The molecule has 0 heterocycles. The van der Waals surface area contributed by atoms with E-state index in [1.165, 1.54) is 33.1 Å². The number of amides is 1. The summed E-state index contributed by atoms with van der Waals surface area (Å²) in [5.41, 5.74) is 8.77. The van der Waals surface area contributed by atoms with E-state index >= 15 is 0 Å². The Hall–Kier alpha value is -2.67. The zero-order valence-electron chi connectivity index (χ0n) is 16.3. The SMILES string of the molecule is COc1cc2c(c(OC)c1OC)-c1ccc(SC)c(=O)cc1CCC2C(N)=O. The summed E-state index contributed by atoms with van der Waals surface area (Å²) in [6.07, 6.45) is 2.91. The van der Waals surface area contributed by atoms with E-state index in [0.717, 1.165) is 11.1 Å². The van der Waals surface area contributed by atoms with Gasteiger partial charge in [0.15, 0.2) is 16.9 Å². The molecule has 0 bridgehead atoms. The molecule has 1 amide bonds. The van der Waals surface area contributed by atoms with Crippen molar-refractivity contribution in [2.45, 2.75) is 23.7 Å². The standard InChI is InChI=1S/C21H23NO5S/c1-25-16-10-14-13(21(22)24)6-5-11-9-15(23)17(28-4)8-7-12(11)18(14)20(27-3)19(16)26-2/h7-10,13H,5-6H2,1-4H3,(H2,22,24). The summed E-state index contributed by atoms with van der Waals surface area (Å²) in [6.45, 7) is 0. The molecule has 1 atom stereocenters. The van der Waals surface area contributed by atoms with Crippen LogP contribution in [0.1, 0.15) is 23.5 Å². The van der Waals surface area contributed by atoms with Crippen molar-refractivity contribution in [2.24, 2.45) is 5.73 Å². The average molecular weight is 401 g/mol. The zero-order valence-corrected chi connectivity index (χ0v) is 17.1. The van der Waals surface area contributed by atoms with Gasteiger partial charge in [0.05, 0.1) is 32.1 Å². The van der Waals surface area contributed by atoms with Crippen LogP contribution >= 0.6 is 11.8 Å². The molecule has 148 valence electrons. The van der Waals surface area contributed by atoms with Gasteiger partial charge in [-0.25, -0.2) is 0 Å². The van der Waals surface area contributed by atoms with E-state index in [-0.39, 0.29) is 5.43 Å². The quantitative estimate of drug-likeness (QED) is 0.775. The van der Waals surface area contributed by atoms with Crippen LogP contribution < -0.4 is 25.4 Å². The highest BCUT2D eigenvalue weighted by Gasteiger charge is 2.32. The Morgan fingerprint density at radius 1 is 1.11 bits per heavy atom. The lowest BCUT2D eigenvalue weighted by Crippen LogP contribution is -2.22. The number of aryl methyl sites for hydroxylation is 1. The van der Waals surface area contributed by atoms with Gasteiger partial charge in [-0.1, -0.05) is 6.07 Å². The summed E-state index contributed by atoms with van der Waals surface area (Å²) in [5, 5.41) is 0. The number of nitrogens with two attached hydrogens (primary N) is 1. The van der Waals surface area contributed by atoms with Crippen molar-refractivity contribution < 1.29 is 19.0 Å². The first-order valence-corrected chi connectivity index (χ1v) is 10.0. The Morgan fingerprint density at radius 3 is 2.39 bits per heavy atom. The predicted molar refractivity (Wildman–Crippen MR) is 110 cm³/mol. The largest absolute Gasteiger partial charge is 0.493 e. The Bertz CT molecular complexity index is 989. The molecule has 0 radical (unpaired) electrons. The molecular formula is C21H23NO5S. The number of primary amides is 1. The van der Waals surface area contributed by atoms with Crippen LogP contribution in [0, 0.1) is 0 Å². The van der Waals surface area contributed by atoms with Crippen LogP contribution in [0.2, 0.25) is 0 Å². The Labute approximate surface area is 168 Å². The number of fused-ring (bicyclic) bond motifs is 3. The van der Waals surface area contributed by atoms with Gasteiger partial charge in [0.1, 0.15) is 0 Å². The van der Waals surface area contributed by atoms with Crippen LogP contribution in [-0.2, 0) is 11.2 Å². The van der Waals surface area contributed by atoms with E-state index in [2.05, 4.69) is 0 Å². The van der Waals surface area contributed by atoms with Gasteiger partial charge in [-0.15, -0.1) is 11.8 Å². The summed E-state index contributed by atoms with van der Waals surface area (Å²) in [6, 6.07) is 7.13. The maximum absolute atomic E-state index is 12.6. The molecule has 6 nitrogen and oxygen atoms in total. The first-order valence-electron chi connectivity index (χ1n) is 8.80. The fourth-order valence-electron chi connectivity index (χ4n) is 3.75. The minimum atomic E-state index is -0.531. The van der Waals surface area contributed by atoms with Crippen LogP contribution in [0.5, 0.6) is 17.2 Å². The van der Waals surface area contributed by atoms with Crippen LogP contribution in [0.4, 0.5) is 0 Å². The van der Waals surface area contributed by atoms with Crippen molar-refractivity contribution in [3.05, 3.63) is 45.6 Å². The van der Waals surface area contributed by atoms with Crippen LogP contribution in [0.25, 0.3) is 11.1 Å². The average Bonchev–Trinajstić information content (AvgIpc) is 2.93. The molecule has 28 heavy (non-hydrogen) atoms. The molecule has 2 aromatic carbocycles. The number of ether oxygens (including phenoxy) is 3. The Balaban J connectivity index is 2.47. The maximum Gasteiger partial charge on any atom is 0.225 e. The van der Waals surface area contributed by atoms with Crippen molar-refractivity contribution in [1.82, 2.24) is 0 Å². The highest BCUT2D eigenvalue weighted by molar-refractivity contribution is 7.98. The molecule has 7 heteroatoms. The van der Waals surface area contributed by atoms with Crippen LogP contribution in [0.3, 0.4) is 0 Å². The molecule has 3 rings (SSSR count). The Morgan fingerprint density at radius 2 is 1.82 bits per heavy atom. The summed E-state index contributed by atoms with van der Waals surface area (Å²) in [5.74, 6) is 0.383. The monoisotopic (exact) mass is 401 g/mol. The third kappa shape index (κ3) is 3.30. The third-order valence-electron chi connectivity index (χ3n) is 5.07. The van der Waals surface area contributed by atoms with Gasteiger partial charge in [0.25, 0.3) is 0 Å². The predicted octanol–water partition coefficient (Wildman–Crippen LogP) is 2.98. The minimum Gasteiger partial charge on any atom is -0.493 e. The van der Waals surface area contributed by atoms with Crippen molar-refractivity contribution in [1.29, 1.82) is 0 Å². The fraction of sp³-hybridized carbons (Fsp3) is 0.333. The molecule has 2 N–H and O–H groups in total. The maximum atomic E-state index is 12.6. The fourth-order valence-corrected chi connectivity index (χ4v) is 4.22. The lowest BCUT2D eigenvalue weighted by atomic mass is 9.89. The van der Waals surface area contributed by atoms with E-state index in [9.17, 15) is 9.59 Å². The number of thioether (sulfide) groups is 1. The van der Waals surface area contributed by atoms with Gasteiger partial charge < -0.3 is 19.9 Å². The smallest absolute Gasteiger partial charge is 0.225 e. The summed E-state index contributed by atoms with van der Waals surface area (Å²) in [7, 11) is 4.60. The number of carbonyl (C=O) groups is 1. The van der Waals surface area contributed by atoms with Crippen LogP contribution in [-0.4, -0.2) is 33.5 Å². The first-order chi connectivity index (χ1) is 13.5. The second kappa shape index (κ2) is 8.14. The molecule has 0 aromatic heterocycles. The molecule has 0 saturated heterocycles. The first kappa shape index (κ1) is 20.1. The van der Waals surface area contributed by atoms with Gasteiger partial charge in [-0.2, -0.15) is 0 Å². The van der Waals surface area contributed by atoms with Gasteiger partial charge >= 0.3 is 0 Å². The van der Waals surface area contributed by atoms with Gasteiger partial charge in [-0.05, 0) is 54.0 Å². The molecule has 0 aliphatic heterocycles. The number of rotatable bonds is 5.